The van der Waals surface area contributed by atoms with Crippen molar-refractivity contribution in [1.82, 2.24) is 9.80 Å². The SMILES string of the molecule is CCCCN1C(=O)c2ccc3c4c(C(F)(F)F)cc5c6c(cc(C(F)(F)F)c(c7cc(C(F)(F)F)c(c2c37)C1=O)c64)C(=O)N(CCCC)C5=O. The van der Waals surface area contributed by atoms with Crippen molar-refractivity contribution in [2.45, 2.75) is 58.1 Å². The van der Waals surface area contributed by atoms with Gasteiger partial charge in [-0.15, -0.1) is 0 Å². The summed E-state index contributed by atoms with van der Waals surface area (Å²) in [5.41, 5.74) is -8.04. The van der Waals surface area contributed by atoms with Crippen molar-refractivity contribution >= 4 is 66.7 Å². The Morgan fingerprint density at radius 1 is 0.480 bits per heavy atom. The molecule has 5 aromatic carbocycles. The van der Waals surface area contributed by atoms with Crippen LogP contribution in [0.3, 0.4) is 0 Å². The monoisotopic (exact) mass is 706 g/mol. The maximum Gasteiger partial charge on any atom is 0.417 e. The van der Waals surface area contributed by atoms with E-state index < -0.39 is 124 Å². The molecule has 0 radical (unpaired) electrons. The number of rotatable bonds is 6. The van der Waals surface area contributed by atoms with E-state index in [-0.39, 0.29) is 32.0 Å². The van der Waals surface area contributed by atoms with E-state index in [9.17, 15) is 32.3 Å². The van der Waals surface area contributed by atoms with Crippen LogP contribution in [0.15, 0.2) is 30.3 Å². The minimum atomic E-state index is -5.44. The molecular formula is C35H23F9N2O4. The van der Waals surface area contributed by atoms with E-state index in [4.69, 9.17) is 0 Å². The van der Waals surface area contributed by atoms with Crippen LogP contribution in [0.1, 0.15) is 97.7 Å². The number of fused-ring (bicyclic) bond motifs is 2. The van der Waals surface area contributed by atoms with E-state index in [2.05, 4.69) is 0 Å². The number of halogens is 9. The van der Waals surface area contributed by atoms with Crippen LogP contribution in [0.4, 0.5) is 39.5 Å². The molecule has 50 heavy (non-hydrogen) atoms. The van der Waals surface area contributed by atoms with E-state index in [1.807, 2.05) is 0 Å². The van der Waals surface area contributed by atoms with Crippen LogP contribution < -0.4 is 0 Å². The van der Waals surface area contributed by atoms with Gasteiger partial charge in [0, 0.05) is 56.7 Å². The van der Waals surface area contributed by atoms with Gasteiger partial charge in [-0.05, 0) is 53.3 Å². The number of carbonyl (C=O) groups is 4. The lowest BCUT2D eigenvalue weighted by molar-refractivity contribution is -0.138. The number of amides is 4. The Morgan fingerprint density at radius 3 is 1.42 bits per heavy atom. The van der Waals surface area contributed by atoms with Gasteiger partial charge < -0.3 is 0 Å². The molecule has 4 amide bonds. The van der Waals surface area contributed by atoms with E-state index in [0.717, 1.165) is 12.1 Å². The minimum Gasteiger partial charge on any atom is -0.274 e. The lowest BCUT2D eigenvalue weighted by Crippen LogP contribution is -2.42. The molecule has 2 aliphatic heterocycles. The molecule has 7 rings (SSSR count). The standard InChI is InChI=1S/C35H23F9N2O4/c1-3-5-9-45-30(48)17-12-19(33(36,37)38)24-14-7-8-15-26-22(14)16(25-20(34(39,40)41)13-18(31(45)49)23(17)28(24)25)11-21(35(42,43)44)27(26)32(50)46(29(15)47)10-6-4-2/h7-8,11-13H,3-6,9-10H2,1-2H3. The fourth-order valence-corrected chi connectivity index (χ4v) is 7.37. The number of unbranched alkanes of at least 4 members (excludes halogenated alkanes) is 2. The number of alkyl halides is 9. The first kappa shape index (κ1) is 33.5. The second-order valence-electron chi connectivity index (χ2n) is 12.4. The quantitative estimate of drug-likeness (QED) is 0.0763. The van der Waals surface area contributed by atoms with E-state index in [1.54, 1.807) is 13.8 Å². The smallest absolute Gasteiger partial charge is 0.274 e. The Labute approximate surface area is 275 Å². The van der Waals surface area contributed by atoms with Gasteiger partial charge in [-0.25, -0.2) is 0 Å². The third-order valence-corrected chi connectivity index (χ3v) is 9.50. The number of carbonyl (C=O) groups excluding carboxylic acids is 4. The van der Waals surface area contributed by atoms with Gasteiger partial charge in [-0.3, -0.25) is 29.0 Å². The van der Waals surface area contributed by atoms with Gasteiger partial charge in [0.2, 0.25) is 0 Å². The van der Waals surface area contributed by atoms with Gasteiger partial charge in [0.15, 0.2) is 0 Å². The fraction of sp³-hybridized carbons (Fsp3) is 0.314. The Kier molecular flexibility index (Phi) is 7.23. The van der Waals surface area contributed by atoms with Crippen molar-refractivity contribution in [3.05, 3.63) is 69.3 Å². The molecular weight excluding hydrogens is 683 g/mol. The highest BCUT2D eigenvalue weighted by Gasteiger charge is 2.47. The number of hydrogen-bond donors (Lipinski definition) is 0. The van der Waals surface area contributed by atoms with Crippen LogP contribution in [-0.4, -0.2) is 46.5 Å². The van der Waals surface area contributed by atoms with Crippen LogP contribution in [0.5, 0.6) is 0 Å². The first-order chi connectivity index (χ1) is 23.3. The molecule has 0 aromatic heterocycles. The van der Waals surface area contributed by atoms with Crippen LogP contribution >= 0.6 is 0 Å². The molecule has 0 unspecified atom stereocenters. The van der Waals surface area contributed by atoms with Crippen molar-refractivity contribution in [2.75, 3.05) is 13.1 Å². The predicted molar refractivity (Wildman–Crippen MR) is 163 cm³/mol. The number of imide groups is 2. The van der Waals surface area contributed by atoms with Crippen LogP contribution in [0, 0.1) is 0 Å². The lowest BCUT2D eigenvalue weighted by atomic mass is 9.78. The Hall–Kier alpha value is -4.95. The highest BCUT2D eigenvalue weighted by atomic mass is 19.4. The van der Waals surface area contributed by atoms with Gasteiger partial charge >= 0.3 is 18.5 Å². The number of hydrogen-bond acceptors (Lipinski definition) is 4. The lowest BCUT2D eigenvalue weighted by Gasteiger charge is -2.33. The second-order valence-corrected chi connectivity index (χ2v) is 12.4. The molecule has 2 aliphatic rings. The van der Waals surface area contributed by atoms with Crippen molar-refractivity contribution in [2.24, 2.45) is 0 Å². The number of benzene rings is 5. The molecule has 0 N–H and O–H groups in total. The molecule has 0 spiro atoms. The zero-order valence-corrected chi connectivity index (χ0v) is 26.1. The Morgan fingerprint density at radius 2 is 0.940 bits per heavy atom. The maximum absolute atomic E-state index is 15.1. The number of nitrogens with zero attached hydrogens (tertiary/aromatic N) is 2. The third kappa shape index (κ3) is 4.50. The Bertz CT molecular complexity index is 2330. The second kappa shape index (κ2) is 10.8. The van der Waals surface area contributed by atoms with Crippen molar-refractivity contribution in [3.8, 4) is 0 Å². The van der Waals surface area contributed by atoms with Crippen molar-refractivity contribution < 1.29 is 58.7 Å². The van der Waals surface area contributed by atoms with E-state index >= 15 is 26.3 Å². The van der Waals surface area contributed by atoms with Crippen LogP contribution in [-0.2, 0) is 18.5 Å². The topological polar surface area (TPSA) is 74.8 Å². The summed E-state index contributed by atoms with van der Waals surface area (Å²) < 4.78 is 135. The molecule has 0 aliphatic carbocycles. The van der Waals surface area contributed by atoms with Gasteiger partial charge in [0.05, 0.1) is 22.3 Å². The average Bonchev–Trinajstić information content (AvgIpc) is 3.03. The highest BCUT2D eigenvalue weighted by molar-refractivity contribution is 6.42. The summed E-state index contributed by atoms with van der Waals surface area (Å²) in [7, 11) is 0. The van der Waals surface area contributed by atoms with E-state index in [1.165, 1.54) is 0 Å². The molecule has 15 heteroatoms. The molecule has 2 heterocycles. The normalized spacial score (nSPS) is 15.7. The zero-order valence-electron chi connectivity index (χ0n) is 26.1. The van der Waals surface area contributed by atoms with Gasteiger partial charge in [0.1, 0.15) is 0 Å². The molecule has 0 saturated heterocycles. The summed E-state index contributed by atoms with van der Waals surface area (Å²) in [6.07, 6.45) is -14.9. The van der Waals surface area contributed by atoms with E-state index in [0.29, 0.717) is 34.8 Å². The summed E-state index contributed by atoms with van der Waals surface area (Å²) in [6, 6.07) is 3.01. The maximum atomic E-state index is 15.1. The van der Waals surface area contributed by atoms with Gasteiger partial charge in [-0.1, -0.05) is 32.8 Å². The summed E-state index contributed by atoms with van der Waals surface area (Å²) in [5, 5.41) is -6.17. The fourth-order valence-electron chi connectivity index (χ4n) is 7.37. The molecule has 0 fully saturated rings. The predicted octanol–water partition coefficient (Wildman–Crippen LogP) is 9.59. The van der Waals surface area contributed by atoms with Crippen LogP contribution in [0.2, 0.25) is 0 Å². The first-order valence-electron chi connectivity index (χ1n) is 15.6. The third-order valence-electron chi connectivity index (χ3n) is 9.50. The van der Waals surface area contributed by atoms with Crippen molar-refractivity contribution in [3.63, 3.8) is 0 Å². The molecule has 0 saturated carbocycles. The molecule has 0 bridgehead atoms. The van der Waals surface area contributed by atoms with Gasteiger partial charge in [-0.2, -0.15) is 39.5 Å². The largest absolute Gasteiger partial charge is 0.417 e. The summed E-state index contributed by atoms with van der Waals surface area (Å²) in [6.45, 7) is 2.81. The van der Waals surface area contributed by atoms with Crippen LogP contribution in [0.25, 0.3) is 43.1 Å². The van der Waals surface area contributed by atoms with Crippen molar-refractivity contribution in [1.29, 1.82) is 0 Å². The molecule has 0 atom stereocenters. The average molecular weight is 707 g/mol. The molecule has 260 valence electrons. The summed E-state index contributed by atoms with van der Waals surface area (Å²) in [4.78, 5) is 55.7. The first-order valence-corrected chi connectivity index (χ1v) is 15.6. The molecule has 5 aromatic rings. The van der Waals surface area contributed by atoms with Gasteiger partial charge in [0.25, 0.3) is 23.6 Å². The zero-order chi connectivity index (χ0) is 36.4. The summed E-state index contributed by atoms with van der Waals surface area (Å²) >= 11 is 0. The molecule has 6 nitrogen and oxygen atoms in total. The summed E-state index contributed by atoms with van der Waals surface area (Å²) in [5.74, 6) is -4.85. The Balaban J connectivity index is 1.79. The minimum absolute atomic E-state index is 0.192. The highest BCUT2D eigenvalue weighted by Crippen LogP contribution is 2.54.